The van der Waals surface area contributed by atoms with Gasteiger partial charge in [-0.15, -0.1) is 5.10 Å². The third kappa shape index (κ3) is 7.86. The molecule has 0 radical (unpaired) electrons. The van der Waals surface area contributed by atoms with Crippen LogP contribution in [0.3, 0.4) is 0 Å². The summed E-state index contributed by atoms with van der Waals surface area (Å²) in [5.41, 5.74) is 0.798. The Labute approximate surface area is 256 Å². The number of anilines is 1. The lowest BCUT2D eigenvalue weighted by Crippen LogP contribution is -2.32. The van der Waals surface area contributed by atoms with E-state index < -0.39 is 33.4 Å². The van der Waals surface area contributed by atoms with Gasteiger partial charge in [-0.2, -0.15) is 9.78 Å². The minimum Gasteiger partial charge on any atom is -0.496 e. The van der Waals surface area contributed by atoms with Gasteiger partial charge < -0.3 is 19.5 Å². The fourth-order valence-electron chi connectivity index (χ4n) is 4.33. The van der Waals surface area contributed by atoms with Crippen molar-refractivity contribution in [3.8, 4) is 5.75 Å². The van der Waals surface area contributed by atoms with Crippen LogP contribution in [0.2, 0.25) is 0 Å². The third-order valence-electron chi connectivity index (χ3n) is 6.07. The number of hydrogen-bond acceptors (Lipinski definition) is 9. The Morgan fingerprint density at radius 1 is 0.977 bits per heavy atom. The highest BCUT2D eigenvalue weighted by molar-refractivity contribution is 7.92. The fourth-order valence-corrected chi connectivity index (χ4v) is 5.59. The van der Waals surface area contributed by atoms with E-state index in [-0.39, 0.29) is 40.5 Å². The van der Waals surface area contributed by atoms with E-state index in [9.17, 15) is 18.0 Å². The second-order valence-electron chi connectivity index (χ2n) is 12.2. The average molecular weight is 627 g/mol. The molecule has 44 heavy (non-hydrogen) atoms. The van der Waals surface area contributed by atoms with E-state index in [0.29, 0.717) is 11.1 Å². The number of methoxy groups -OCH3 is 1. The summed E-state index contributed by atoms with van der Waals surface area (Å²) in [6.07, 6.45) is 2.06. The molecule has 0 unspecified atom stereocenters. The topological polar surface area (TPSA) is 156 Å². The molecule has 0 saturated heterocycles. The molecule has 0 atom stereocenters. The van der Waals surface area contributed by atoms with E-state index >= 15 is 0 Å². The molecule has 1 amide bonds. The molecule has 0 saturated carbocycles. The third-order valence-corrected chi connectivity index (χ3v) is 7.57. The first-order chi connectivity index (χ1) is 20.5. The van der Waals surface area contributed by atoms with Crippen LogP contribution in [0, 0.1) is 6.92 Å². The van der Waals surface area contributed by atoms with Gasteiger partial charge in [0, 0.05) is 18.3 Å². The van der Waals surface area contributed by atoms with Gasteiger partial charge in [-0.3, -0.25) is 9.40 Å². The molecule has 0 aliphatic rings. The highest BCUT2D eigenvalue weighted by Crippen LogP contribution is 2.35. The Balaban J connectivity index is 1.70. The average Bonchev–Trinajstić information content (AvgIpc) is 3.49. The number of ether oxygens (including phenoxy) is 3. The summed E-state index contributed by atoms with van der Waals surface area (Å²) >= 11 is 0. The van der Waals surface area contributed by atoms with Gasteiger partial charge >= 0.3 is 12.2 Å². The molecule has 0 spiro atoms. The van der Waals surface area contributed by atoms with Crippen molar-refractivity contribution in [2.75, 3.05) is 11.8 Å². The summed E-state index contributed by atoms with van der Waals surface area (Å²) in [6, 6.07) is 9.95. The number of amides is 1. The van der Waals surface area contributed by atoms with Gasteiger partial charge in [-0.25, -0.2) is 18.0 Å². The lowest BCUT2D eigenvalue weighted by atomic mass is 10.1. The molecule has 236 valence electrons. The van der Waals surface area contributed by atoms with Gasteiger partial charge in [0.2, 0.25) is 0 Å². The van der Waals surface area contributed by atoms with Crippen LogP contribution in [0.1, 0.15) is 58.2 Å². The maximum atomic E-state index is 13.4. The van der Waals surface area contributed by atoms with E-state index in [2.05, 4.69) is 20.2 Å². The second-order valence-corrected chi connectivity index (χ2v) is 13.9. The number of hydrogen-bond donors (Lipinski definition) is 2. The van der Waals surface area contributed by atoms with E-state index in [1.807, 2.05) is 0 Å². The zero-order valence-corrected chi connectivity index (χ0v) is 26.9. The number of aryl methyl sites for hydroxylation is 1. The molecule has 0 bridgehead atoms. The van der Waals surface area contributed by atoms with Crippen molar-refractivity contribution in [1.29, 1.82) is 0 Å². The first kappa shape index (κ1) is 32.3. The van der Waals surface area contributed by atoms with Gasteiger partial charge in [-0.1, -0.05) is 18.2 Å². The van der Waals surface area contributed by atoms with Crippen molar-refractivity contribution >= 4 is 38.9 Å². The standard InChI is InChI=1S/C30H38N6O7S/c1-19-11-9-10-12-24(19)44(39,40)34-26-25-22(36(33-26)28(38)43-30(5,6)7)13-20(14-23(25)41-8)17-35-18-21(16-32-35)15-31-27(37)42-29(2,3)4/h9-14,16,18H,15,17H2,1-8H3,(H,31,37)(H,33,34). The number of fused-ring (bicyclic) bond motifs is 1. The Kier molecular flexibility index (Phi) is 8.95. The molecule has 0 fully saturated rings. The predicted molar refractivity (Wildman–Crippen MR) is 164 cm³/mol. The number of alkyl carbamates (subject to hydrolysis) is 1. The van der Waals surface area contributed by atoms with Crippen molar-refractivity contribution in [3.05, 3.63) is 65.5 Å². The van der Waals surface area contributed by atoms with Gasteiger partial charge in [0.25, 0.3) is 10.0 Å². The van der Waals surface area contributed by atoms with Crippen LogP contribution in [0.15, 0.2) is 53.7 Å². The molecule has 0 aliphatic carbocycles. The van der Waals surface area contributed by atoms with Crippen LogP contribution in [0.25, 0.3) is 10.9 Å². The maximum Gasteiger partial charge on any atom is 0.435 e. The van der Waals surface area contributed by atoms with Crippen LogP contribution >= 0.6 is 0 Å². The van der Waals surface area contributed by atoms with Crippen molar-refractivity contribution < 1.29 is 32.2 Å². The highest BCUT2D eigenvalue weighted by Gasteiger charge is 2.27. The monoisotopic (exact) mass is 626 g/mol. The van der Waals surface area contributed by atoms with E-state index in [0.717, 1.165) is 10.2 Å². The summed E-state index contributed by atoms with van der Waals surface area (Å²) in [5.74, 6) is 0.195. The Morgan fingerprint density at radius 2 is 1.66 bits per heavy atom. The summed E-state index contributed by atoms with van der Waals surface area (Å²) < 4.78 is 48.5. The molecule has 4 aromatic rings. The quantitative estimate of drug-likeness (QED) is 0.268. The molecule has 2 N–H and O–H groups in total. The summed E-state index contributed by atoms with van der Waals surface area (Å²) in [4.78, 5) is 25.4. The zero-order chi connectivity index (χ0) is 32.4. The summed E-state index contributed by atoms with van der Waals surface area (Å²) in [6.45, 7) is 12.7. The minimum absolute atomic E-state index is 0.0752. The number of aromatic nitrogens is 4. The Morgan fingerprint density at radius 3 is 2.30 bits per heavy atom. The van der Waals surface area contributed by atoms with Crippen molar-refractivity contribution in [3.63, 3.8) is 0 Å². The molecule has 2 aromatic heterocycles. The number of benzene rings is 2. The molecular weight excluding hydrogens is 588 g/mol. The Hall–Kier alpha value is -4.59. The lowest BCUT2D eigenvalue weighted by Gasteiger charge is -2.19. The van der Waals surface area contributed by atoms with Crippen LogP contribution in [-0.4, -0.2) is 58.5 Å². The van der Waals surface area contributed by atoms with Crippen LogP contribution < -0.4 is 14.8 Å². The predicted octanol–water partition coefficient (Wildman–Crippen LogP) is 5.21. The smallest absolute Gasteiger partial charge is 0.435 e. The molecule has 14 heteroatoms. The number of nitrogens with one attached hydrogen (secondary N) is 2. The molecule has 4 rings (SSSR count). The molecule has 13 nitrogen and oxygen atoms in total. The highest BCUT2D eigenvalue weighted by atomic mass is 32.2. The van der Waals surface area contributed by atoms with Gasteiger partial charge in [0.15, 0.2) is 5.82 Å². The number of rotatable bonds is 8. The van der Waals surface area contributed by atoms with Crippen molar-refractivity contribution in [2.24, 2.45) is 0 Å². The lowest BCUT2D eigenvalue weighted by molar-refractivity contribution is 0.0512. The SMILES string of the molecule is COc1cc(Cn2cc(CNC(=O)OC(C)(C)C)cn2)cc2c1c(NS(=O)(=O)c1ccccc1C)nn2C(=O)OC(C)(C)C. The molecule has 0 aliphatic heterocycles. The Bertz CT molecular complexity index is 1800. The van der Waals surface area contributed by atoms with Gasteiger partial charge in [0.1, 0.15) is 17.0 Å². The van der Waals surface area contributed by atoms with Crippen LogP contribution in [0.4, 0.5) is 15.4 Å². The first-order valence-electron chi connectivity index (χ1n) is 13.9. The fraction of sp³-hybridized carbons (Fsp3) is 0.400. The second kappa shape index (κ2) is 12.2. The number of carbonyl (C=O) groups is 2. The summed E-state index contributed by atoms with van der Waals surface area (Å²) in [7, 11) is -2.63. The van der Waals surface area contributed by atoms with Crippen molar-refractivity contribution in [1.82, 2.24) is 24.9 Å². The van der Waals surface area contributed by atoms with Gasteiger partial charge in [-0.05, 0) is 77.8 Å². The van der Waals surface area contributed by atoms with E-state index in [1.54, 1.807) is 95.9 Å². The first-order valence-corrected chi connectivity index (χ1v) is 15.3. The van der Waals surface area contributed by atoms with E-state index in [4.69, 9.17) is 14.2 Å². The molecular formula is C30H38N6O7S. The van der Waals surface area contributed by atoms with Gasteiger partial charge in [0.05, 0.1) is 35.6 Å². The van der Waals surface area contributed by atoms with Crippen molar-refractivity contribution in [2.45, 2.75) is 77.7 Å². The maximum absolute atomic E-state index is 13.4. The normalized spacial score (nSPS) is 12.2. The molecule has 2 aromatic carbocycles. The zero-order valence-electron chi connectivity index (χ0n) is 26.1. The molecule has 2 heterocycles. The minimum atomic E-state index is -4.07. The summed E-state index contributed by atoms with van der Waals surface area (Å²) in [5, 5.41) is 11.7. The van der Waals surface area contributed by atoms with Crippen LogP contribution in [0.5, 0.6) is 5.75 Å². The number of nitrogens with zero attached hydrogens (tertiary/aromatic N) is 4. The van der Waals surface area contributed by atoms with Crippen LogP contribution in [-0.2, 0) is 32.6 Å². The van der Waals surface area contributed by atoms with E-state index in [1.165, 1.54) is 13.2 Å². The number of carbonyl (C=O) groups excluding carboxylic acids is 2. The largest absolute Gasteiger partial charge is 0.496 e. The number of sulfonamides is 1.